The van der Waals surface area contributed by atoms with Crippen molar-refractivity contribution in [2.45, 2.75) is 25.3 Å². The van der Waals surface area contributed by atoms with Gasteiger partial charge in [0.05, 0.1) is 35.3 Å². The number of anilines is 1. The molecule has 3 aromatic heterocycles. The first-order chi connectivity index (χ1) is 17.1. The molecule has 2 saturated heterocycles. The predicted molar refractivity (Wildman–Crippen MR) is 126 cm³/mol. The third-order valence-corrected chi connectivity index (χ3v) is 6.78. The molecule has 0 aliphatic carbocycles. The third-order valence-electron chi connectivity index (χ3n) is 6.78. The summed E-state index contributed by atoms with van der Waals surface area (Å²) in [4.78, 5) is 29.7. The molecule has 1 aromatic carbocycles. The van der Waals surface area contributed by atoms with Crippen LogP contribution in [0.3, 0.4) is 0 Å². The van der Waals surface area contributed by atoms with Crippen molar-refractivity contribution in [1.29, 1.82) is 5.26 Å². The Balaban J connectivity index is 1.41. The molecule has 0 bridgehead atoms. The van der Waals surface area contributed by atoms with Gasteiger partial charge >= 0.3 is 6.01 Å². The van der Waals surface area contributed by atoms with Gasteiger partial charge in [-0.25, -0.2) is 4.98 Å². The van der Waals surface area contributed by atoms with Gasteiger partial charge in [0.1, 0.15) is 17.9 Å². The topological polar surface area (TPSA) is 126 Å². The van der Waals surface area contributed by atoms with Gasteiger partial charge in [-0.15, -0.1) is 0 Å². The summed E-state index contributed by atoms with van der Waals surface area (Å²) in [5, 5.41) is 14.6. The van der Waals surface area contributed by atoms with Crippen molar-refractivity contribution < 1.29 is 14.1 Å². The van der Waals surface area contributed by atoms with Crippen molar-refractivity contribution >= 4 is 33.9 Å². The smallest absolute Gasteiger partial charge is 0.324 e. The van der Waals surface area contributed by atoms with Crippen molar-refractivity contribution in [1.82, 2.24) is 29.6 Å². The van der Waals surface area contributed by atoms with Gasteiger partial charge in [-0.2, -0.15) is 10.2 Å². The minimum Gasteiger partial charge on any atom is -0.381 e. The number of nitrogens with zero attached hydrogens (tertiary/aromatic N) is 8. The molecule has 2 aliphatic heterocycles. The van der Waals surface area contributed by atoms with Gasteiger partial charge in [0.15, 0.2) is 5.82 Å². The van der Waals surface area contributed by atoms with Gasteiger partial charge < -0.3 is 23.6 Å². The van der Waals surface area contributed by atoms with Crippen molar-refractivity contribution in [2.24, 2.45) is 0 Å². The number of fused-ring (bicyclic) bond motifs is 3. The van der Waals surface area contributed by atoms with Crippen LogP contribution in [0.5, 0.6) is 0 Å². The first kappa shape index (κ1) is 21.5. The Bertz CT molecular complexity index is 1460. The molecule has 0 unspecified atom stereocenters. The lowest BCUT2D eigenvalue weighted by Gasteiger charge is -2.30. The zero-order valence-corrected chi connectivity index (χ0v) is 19.3. The molecular weight excluding hydrogens is 448 g/mol. The van der Waals surface area contributed by atoms with E-state index in [1.165, 1.54) is 0 Å². The average Bonchev–Trinajstić information content (AvgIpc) is 3.50. The van der Waals surface area contributed by atoms with Crippen LogP contribution in [0.25, 0.3) is 21.9 Å². The van der Waals surface area contributed by atoms with Crippen molar-refractivity contribution in [2.75, 3.05) is 44.8 Å². The monoisotopic (exact) mass is 472 g/mol. The summed E-state index contributed by atoms with van der Waals surface area (Å²) >= 11 is 0. The number of hydrogen-bond acceptors (Lipinski definition) is 9. The maximum Gasteiger partial charge on any atom is 0.324 e. The van der Waals surface area contributed by atoms with Crippen molar-refractivity contribution in [3.63, 3.8) is 0 Å². The third kappa shape index (κ3) is 3.85. The minimum atomic E-state index is 0.0217. The van der Waals surface area contributed by atoms with Crippen LogP contribution in [-0.4, -0.2) is 75.4 Å². The highest BCUT2D eigenvalue weighted by atomic mass is 16.5. The molecule has 2 fully saturated rings. The number of amides is 1. The first-order valence-corrected chi connectivity index (χ1v) is 11.7. The first-order valence-electron chi connectivity index (χ1n) is 11.7. The summed E-state index contributed by atoms with van der Waals surface area (Å²) in [6.07, 6.45) is 3.87. The molecule has 6 rings (SSSR count). The zero-order valence-electron chi connectivity index (χ0n) is 19.3. The highest BCUT2D eigenvalue weighted by Crippen LogP contribution is 2.33. The predicted octanol–water partition coefficient (Wildman–Crippen LogP) is 2.06. The van der Waals surface area contributed by atoms with Gasteiger partial charge in [-0.05, 0) is 31.0 Å². The van der Waals surface area contributed by atoms with E-state index in [1.807, 2.05) is 12.1 Å². The molecule has 4 aromatic rings. The Morgan fingerprint density at radius 3 is 2.83 bits per heavy atom. The van der Waals surface area contributed by atoms with E-state index in [0.29, 0.717) is 50.1 Å². The van der Waals surface area contributed by atoms with Gasteiger partial charge in [-0.3, -0.25) is 9.78 Å². The van der Waals surface area contributed by atoms with E-state index in [9.17, 15) is 10.1 Å². The quantitative estimate of drug-likeness (QED) is 0.438. The molecule has 0 spiro atoms. The van der Waals surface area contributed by atoms with E-state index >= 15 is 0 Å². The summed E-state index contributed by atoms with van der Waals surface area (Å²) in [7, 11) is 1.79. The lowest BCUT2D eigenvalue weighted by atomic mass is 10.1. The Kier molecular flexibility index (Phi) is 5.30. The Hall–Kier alpha value is -4.04. The molecule has 2 aliphatic rings. The fraction of sp³-hybridized carbons (Fsp3) is 0.417. The normalized spacial score (nSPS) is 17.4. The molecule has 5 heterocycles. The molecule has 1 amide bonds. The summed E-state index contributed by atoms with van der Waals surface area (Å²) in [5.74, 6) is 1.34. The van der Waals surface area contributed by atoms with Gasteiger partial charge in [-0.1, -0.05) is 5.16 Å². The molecule has 11 heteroatoms. The molecule has 0 saturated carbocycles. The number of rotatable bonds is 4. The highest BCUT2D eigenvalue weighted by Gasteiger charge is 2.27. The van der Waals surface area contributed by atoms with E-state index in [-0.39, 0.29) is 18.5 Å². The number of benzene rings is 1. The average molecular weight is 473 g/mol. The molecule has 0 atom stereocenters. The van der Waals surface area contributed by atoms with E-state index in [0.717, 1.165) is 40.6 Å². The van der Waals surface area contributed by atoms with E-state index in [1.54, 1.807) is 29.1 Å². The van der Waals surface area contributed by atoms with E-state index in [2.05, 4.69) is 25.8 Å². The van der Waals surface area contributed by atoms with E-state index in [4.69, 9.17) is 14.2 Å². The van der Waals surface area contributed by atoms with Crippen LogP contribution in [0, 0.1) is 11.3 Å². The lowest BCUT2D eigenvalue weighted by molar-refractivity contribution is -0.129. The van der Waals surface area contributed by atoms with Crippen LogP contribution < -0.4 is 4.90 Å². The maximum atomic E-state index is 12.1. The van der Waals surface area contributed by atoms with Crippen LogP contribution in [-0.2, 0) is 16.0 Å². The molecule has 35 heavy (non-hydrogen) atoms. The number of hydrogen-bond donors (Lipinski definition) is 0. The number of ether oxygens (including phenoxy) is 1. The lowest BCUT2D eigenvalue weighted by Crippen LogP contribution is -2.48. The largest absolute Gasteiger partial charge is 0.381 e. The maximum absolute atomic E-state index is 12.1. The van der Waals surface area contributed by atoms with Crippen LogP contribution in [0.15, 0.2) is 28.9 Å². The van der Waals surface area contributed by atoms with Crippen LogP contribution >= 0.6 is 0 Å². The number of likely N-dealkylation sites (N-methyl/N-ethyl adjacent to an activating group) is 1. The van der Waals surface area contributed by atoms with E-state index < -0.39 is 0 Å². The fourth-order valence-electron chi connectivity index (χ4n) is 4.86. The molecular formula is C24H24N8O3. The second kappa shape index (κ2) is 8.63. The molecule has 0 radical (unpaired) electrons. The second-order valence-electron chi connectivity index (χ2n) is 8.98. The molecule has 0 N–H and O–H groups in total. The van der Waals surface area contributed by atoms with Crippen LogP contribution in [0.1, 0.15) is 36.1 Å². The number of pyridine rings is 1. The fourth-order valence-corrected chi connectivity index (χ4v) is 4.86. The molecule has 11 nitrogen and oxygen atoms in total. The highest BCUT2D eigenvalue weighted by molar-refractivity contribution is 6.03. The van der Waals surface area contributed by atoms with Crippen molar-refractivity contribution in [3.8, 4) is 6.07 Å². The SMILES string of the molecule is CN1CCN(c2nc(Cc3nc4cnc5ccc(C#N)cc5c4n3C3CCOCC3)no2)CC1=O. The second-order valence-corrected chi connectivity index (χ2v) is 8.98. The minimum absolute atomic E-state index is 0.0217. The number of carbonyl (C=O) groups is 1. The Labute approximate surface area is 200 Å². The standard InChI is InChI=1S/C24H24N8O3/c1-30-6-7-31(14-22(30)33)24-28-20(29-35-24)11-21-27-19-13-26-18-3-2-15(12-25)10-17(18)23(19)32(21)16-4-8-34-9-5-16/h2-3,10,13,16H,4-9,11,14H2,1H3. The van der Waals surface area contributed by atoms with Gasteiger partial charge in [0, 0.05) is 44.8 Å². The number of imidazole rings is 1. The zero-order chi connectivity index (χ0) is 23.9. The van der Waals surface area contributed by atoms with Gasteiger partial charge in [0.2, 0.25) is 5.91 Å². The van der Waals surface area contributed by atoms with Crippen molar-refractivity contribution in [3.05, 3.63) is 41.6 Å². The number of nitriles is 1. The Morgan fingerprint density at radius 2 is 2.03 bits per heavy atom. The number of aromatic nitrogens is 5. The summed E-state index contributed by atoms with van der Waals surface area (Å²) in [6, 6.07) is 8.30. The summed E-state index contributed by atoms with van der Waals surface area (Å²) < 4.78 is 13.4. The van der Waals surface area contributed by atoms with Crippen LogP contribution in [0.4, 0.5) is 6.01 Å². The molecule has 178 valence electrons. The Morgan fingerprint density at radius 1 is 1.17 bits per heavy atom. The van der Waals surface area contributed by atoms with Crippen LogP contribution in [0.2, 0.25) is 0 Å². The summed E-state index contributed by atoms with van der Waals surface area (Å²) in [6.45, 7) is 2.84. The van der Waals surface area contributed by atoms with Gasteiger partial charge in [0.25, 0.3) is 0 Å². The number of piperazine rings is 1. The number of carbonyl (C=O) groups excluding carboxylic acids is 1. The summed E-state index contributed by atoms with van der Waals surface area (Å²) in [5.41, 5.74) is 3.13.